The summed E-state index contributed by atoms with van der Waals surface area (Å²) in [5.74, 6) is -1.14. The highest BCUT2D eigenvalue weighted by molar-refractivity contribution is 5.78. The van der Waals surface area contributed by atoms with E-state index in [9.17, 15) is 9.59 Å². The molecule has 0 aromatic rings. The van der Waals surface area contributed by atoms with Gasteiger partial charge in [-0.15, -0.1) is 0 Å². The number of aliphatic hydroxyl groups is 1. The van der Waals surface area contributed by atoms with Crippen molar-refractivity contribution >= 4 is 11.9 Å². The van der Waals surface area contributed by atoms with Crippen molar-refractivity contribution in [1.29, 1.82) is 0 Å². The highest BCUT2D eigenvalue weighted by atomic mass is 16.6. The van der Waals surface area contributed by atoms with Gasteiger partial charge in [-0.3, -0.25) is 4.79 Å². The molecule has 1 fully saturated rings. The number of hydrogen-bond acceptors (Lipinski definition) is 6. The molecule has 86 valence electrons. The first-order chi connectivity index (χ1) is 7.13. The van der Waals surface area contributed by atoms with Crippen molar-refractivity contribution in [3.05, 3.63) is 0 Å². The van der Waals surface area contributed by atoms with Crippen molar-refractivity contribution < 1.29 is 28.9 Å². The molecule has 6 nitrogen and oxygen atoms in total. The normalized spacial score (nSPS) is 25.1. The van der Waals surface area contributed by atoms with Gasteiger partial charge in [0.05, 0.1) is 13.0 Å². The second-order valence-corrected chi connectivity index (χ2v) is 3.23. The Hall–Kier alpha value is -1.14. The van der Waals surface area contributed by atoms with E-state index < -0.39 is 24.1 Å². The lowest BCUT2D eigenvalue weighted by Gasteiger charge is -2.08. The summed E-state index contributed by atoms with van der Waals surface area (Å²) in [4.78, 5) is 21.9. The molecular weight excluding hydrogens is 204 g/mol. The predicted molar refractivity (Wildman–Crippen MR) is 48.0 cm³/mol. The van der Waals surface area contributed by atoms with E-state index in [1.54, 1.807) is 0 Å². The zero-order chi connectivity index (χ0) is 11.3. The molecular formula is C9H14O6. The van der Waals surface area contributed by atoms with Crippen molar-refractivity contribution in [2.24, 2.45) is 0 Å². The van der Waals surface area contributed by atoms with Gasteiger partial charge in [-0.05, 0) is 0 Å². The fourth-order valence-corrected chi connectivity index (χ4v) is 1.24. The van der Waals surface area contributed by atoms with E-state index in [-0.39, 0.29) is 19.4 Å². The van der Waals surface area contributed by atoms with Gasteiger partial charge in [0.2, 0.25) is 0 Å². The van der Waals surface area contributed by atoms with Crippen LogP contribution in [0.2, 0.25) is 0 Å². The number of hydrogen-bond donors (Lipinski definition) is 1. The lowest BCUT2D eigenvalue weighted by molar-refractivity contribution is -0.152. The topological polar surface area (TPSA) is 82.1 Å². The molecule has 0 aromatic carbocycles. The van der Waals surface area contributed by atoms with Crippen LogP contribution in [0.3, 0.4) is 0 Å². The predicted octanol–water partition coefficient (Wildman–Crippen LogP) is -0.758. The fraction of sp³-hybridized carbons (Fsp3) is 0.778. The number of rotatable bonds is 5. The summed E-state index contributed by atoms with van der Waals surface area (Å²) in [5, 5.41) is 9.05. The second-order valence-electron chi connectivity index (χ2n) is 3.23. The zero-order valence-electron chi connectivity index (χ0n) is 8.47. The summed E-state index contributed by atoms with van der Waals surface area (Å²) in [5.41, 5.74) is 0. The molecule has 1 saturated heterocycles. The largest absolute Gasteiger partial charge is 0.463 e. The molecule has 0 amide bonds. The van der Waals surface area contributed by atoms with Gasteiger partial charge in [0, 0.05) is 13.5 Å². The molecule has 0 radical (unpaired) electrons. The van der Waals surface area contributed by atoms with E-state index in [1.165, 1.54) is 7.11 Å². The quantitative estimate of drug-likeness (QED) is 0.482. The van der Waals surface area contributed by atoms with Crippen molar-refractivity contribution in [3.63, 3.8) is 0 Å². The van der Waals surface area contributed by atoms with E-state index in [1.807, 2.05) is 0 Å². The van der Waals surface area contributed by atoms with Crippen molar-refractivity contribution in [2.75, 3.05) is 20.3 Å². The summed E-state index contributed by atoms with van der Waals surface area (Å²) in [6.45, 7) is 0.511. The number of carbonyl (C=O) groups is 2. The van der Waals surface area contributed by atoms with E-state index in [0.717, 1.165) is 0 Å². The second kappa shape index (κ2) is 5.67. The minimum atomic E-state index is -1.11. The zero-order valence-corrected chi connectivity index (χ0v) is 8.47. The van der Waals surface area contributed by atoms with Crippen LogP contribution in [0.25, 0.3) is 0 Å². The summed E-state index contributed by atoms with van der Waals surface area (Å²) >= 11 is 0. The summed E-state index contributed by atoms with van der Waals surface area (Å²) < 4.78 is 14.2. The third-order valence-electron chi connectivity index (χ3n) is 1.99. The number of cyclic esters (lactones) is 1. The molecule has 0 saturated carbocycles. The Morgan fingerprint density at radius 2 is 2.33 bits per heavy atom. The standard InChI is InChI=1S/C9H14O6/c1-13-2-3-14-8(11)5-6-4-7(10)9(12)15-6/h6-7,10H,2-5H2,1H3/t6-,7-/m1/s1. The molecule has 15 heavy (non-hydrogen) atoms. The van der Waals surface area contributed by atoms with Crippen LogP contribution in [0.15, 0.2) is 0 Å². The Balaban J connectivity index is 2.18. The Kier molecular flexibility index (Phi) is 4.51. The molecule has 1 aliphatic heterocycles. The van der Waals surface area contributed by atoms with Gasteiger partial charge in [0.1, 0.15) is 12.7 Å². The molecule has 0 unspecified atom stereocenters. The molecule has 0 aliphatic carbocycles. The third kappa shape index (κ3) is 3.85. The van der Waals surface area contributed by atoms with Crippen LogP contribution in [-0.2, 0) is 23.8 Å². The minimum Gasteiger partial charge on any atom is -0.463 e. The van der Waals surface area contributed by atoms with Crippen LogP contribution in [0.4, 0.5) is 0 Å². The van der Waals surface area contributed by atoms with Crippen LogP contribution in [0.5, 0.6) is 0 Å². The number of aliphatic hydroxyl groups excluding tert-OH is 1. The van der Waals surface area contributed by atoms with Crippen LogP contribution in [0.1, 0.15) is 12.8 Å². The van der Waals surface area contributed by atoms with Gasteiger partial charge >= 0.3 is 11.9 Å². The molecule has 0 bridgehead atoms. The molecule has 1 N–H and O–H groups in total. The van der Waals surface area contributed by atoms with E-state index in [2.05, 4.69) is 0 Å². The van der Waals surface area contributed by atoms with E-state index in [0.29, 0.717) is 6.61 Å². The van der Waals surface area contributed by atoms with Crippen LogP contribution in [0, 0.1) is 0 Å². The lowest BCUT2D eigenvalue weighted by atomic mass is 10.1. The van der Waals surface area contributed by atoms with Crippen molar-refractivity contribution in [3.8, 4) is 0 Å². The molecule has 0 aromatic heterocycles. The number of ether oxygens (including phenoxy) is 3. The summed E-state index contributed by atoms with van der Waals surface area (Å²) in [7, 11) is 1.50. The molecule has 2 atom stereocenters. The highest BCUT2D eigenvalue weighted by Gasteiger charge is 2.34. The molecule has 6 heteroatoms. The summed E-state index contributed by atoms with van der Waals surface area (Å²) in [6, 6.07) is 0. The van der Waals surface area contributed by atoms with Gasteiger partial charge in [0.25, 0.3) is 0 Å². The average Bonchev–Trinajstić information content (AvgIpc) is 2.46. The molecule has 1 heterocycles. The van der Waals surface area contributed by atoms with E-state index >= 15 is 0 Å². The van der Waals surface area contributed by atoms with Crippen molar-refractivity contribution in [2.45, 2.75) is 25.0 Å². The Bertz CT molecular complexity index is 239. The van der Waals surface area contributed by atoms with Crippen molar-refractivity contribution in [1.82, 2.24) is 0 Å². The third-order valence-corrected chi connectivity index (χ3v) is 1.99. The van der Waals surface area contributed by atoms with Crippen LogP contribution < -0.4 is 0 Å². The first-order valence-electron chi connectivity index (χ1n) is 4.66. The first kappa shape index (κ1) is 11.9. The van der Waals surface area contributed by atoms with Crippen LogP contribution in [-0.4, -0.2) is 49.6 Å². The van der Waals surface area contributed by atoms with Gasteiger partial charge in [-0.1, -0.05) is 0 Å². The Labute approximate surface area is 87.1 Å². The smallest absolute Gasteiger partial charge is 0.335 e. The lowest BCUT2D eigenvalue weighted by Crippen LogP contribution is -2.17. The maximum Gasteiger partial charge on any atom is 0.335 e. The monoisotopic (exact) mass is 218 g/mol. The highest BCUT2D eigenvalue weighted by Crippen LogP contribution is 2.17. The first-order valence-corrected chi connectivity index (χ1v) is 4.66. The van der Waals surface area contributed by atoms with E-state index in [4.69, 9.17) is 19.3 Å². The average molecular weight is 218 g/mol. The van der Waals surface area contributed by atoms with Gasteiger partial charge < -0.3 is 19.3 Å². The SMILES string of the molecule is COCCOC(=O)C[C@H]1C[C@@H](O)C(=O)O1. The minimum absolute atomic E-state index is 0.0213. The van der Waals surface area contributed by atoms with Gasteiger partial charge in [-0.25, -0.2) is 4.79 Å². The summed E-state index contributed by atoms with van der Waals surface area (Å²) in [6.07, 6.45) is -1.55. The number of esters is 2. The molecule has 1 aliphatic rings. The number of carbonyl (C=O) groups excluding carboxylic acids is 2. The Morgan fingerprint density at radius 3 is 2.87 bits per heavy atom. The van der Waals surface area contributed by atoms with Gasteiger partial charge in [-0.2, -0.15) is 0 Å². The maximum absolute atomic E-state index is 11.1. The fourth-order valence-electron chi connectivity index (χ4n) is 1.24. The van der Waals surface area contributed by atoms with Gasteiger partial charge in [0.15, 0.2) is 6.10 Å². The maximum atomic E-state index is 11.1. The number of methoxy groups -OCH3 is 1. The molecule has 1 rings (SSSR count). The Morgan fingerprint density at radius 1 is 1.60 bits per heavy atom. The molecule has 0 spiro atoms. The van der Waals surface area contributed by atoms with Crippen LogP contribution >= 0.6 is 0 Å².